The van der Waals surface area contributed by atoms with Crippen LogP contribution in [0.5, 0.6) is 0 Å². The first-order valence-corrected chi connectivity index (χ1v) is 9.18. The zero-order valence-corrected chi connectivity index (χ0v) is 15.6. The summed E-state index contributed by atoms with van der Waals surface area (Å²) in [7, 11) is 2.05. The molecule has 1 amide bonds. The largest absolute Gasteiger partial charge is 0.444 e. The molecule has 5 nitrogen and oxygen atoms in total. The third kappa shape index (κ3) is 3.64. The van der Waals surface area contributed by atoms with E-state index in [1.165, 1.54) is 21.6 Å². The van der Waals surface area contributed by atoms with Crippen LogP contribution in [0.4, 0.5) is 10.6 Å². The van der Waals surface area contributed by atoms with Gasteiger partial charge in [-0.05, 0) is 57.3 Å². The Morgan fingerprint density at radius 2 is 2.17 bits per heavy atom. The van der Waals surface area contributed by atoms with E-state index in [1.54, 1.807) is 0 Å². The third-order valence-electron chi connectivity index (χ3n) is 4.21. The average molecular weight is 347 g/mol. The van der Waals surface area contributed by atoms with Gasteiger partial charge in [-0.2, -0.15) is 4.37 Å². The van der Waals surface area contributed by atoms with E-state index in [0.717, 1.165) is 31.7 Å². The fourth-order valence-corrected chi connectivity index (χ4v) is 3.96. The summed E-state index contributed by atoms with van der Waals surface area (Å²) in [5.74, 6) is 0.992. The Labute approximate surface area is 147 Å². The van der Waals surface area contributed by atoms with Crippen molar-refractivity contribution in [1.29, 1.82) is 0 Å². The van der Waals surface area contributed by atoms with Gasteiger partial charge < -0.3 is 14.5 Å². The number of anilines is 1. The molecule has 6 heteroatoms. The Morgan fingerprint density at radius 1 is 1.42 bits per heavy atom. The Hall–Kier alpha value is -1.82. The lowest BCUT2D eigenvalue weighted by Gasteiger charge is -2.31. The lowest BCUT2D eigenvalue weighted by Crippen LogP contribution is -2.44. The topological polar surface area (TPSA) is 45.7 Å². The number of carbonyl (C=O) groups excluding carboxylic acids is 1. The fourth-order valence-electron chi connectivity index (χ4n) is 3.14. The van der Waals surface area contributed by atoms with Gasteiger partial charge in [-0.1, -0.05) is 12.1 Å². The number of aromatic nitrogens is 1. The predicted molar refractivity (Wildman–Crippen MR) is 98.9 cm³/mol. The zero-order valence-electron chi connectivity index (χ0n) is 14.8. The number of hydrogen-bond donors (Lipinski definition) is 0. The van der Waals surface area contributed by atoms with E-state index >= 15 is 0 Å². The molecule has 0 radical (unpaired) electrons. The quantitative estimate of drug-likeness (QED) is 0.837. The molecule has 0 spiro atoms. The average Bonchev–Trinajstić information content (AvgIpc) is 3.11. The van der Waals surface area contributed by atoms with Crippen LogP contribution in [0, 0.1) is 0 Å². The number of benzene rings is 1. The molecule has 0 unspecified atom stereocenters. The summed E-state index contributed by atoms with van der Waals surface area (Å²) in [5.41, 5.74) is -0.457. The Balaban J connectivity index is 1.71. The Kier molecular flexibility index (Phi) is 4.67. The molecule has 0 aliphatic carbocycles. The van der Waals surface area contributed by atoms with Crippen molar-refractivity contribution in [3.05, 3.63) is 24.3 Å². The van der Waals surface area contributed by atoms with Crippen LogP contribution in [0.25, 0.3) is 10.1 Å². The van der Waals surface area contributed by atoms with Crippen LogP contribution < -0.4 is 4.90 Å². The molecule has 0 bridgehead atoms. The lowest BCUT2D eigenvalue weighted by molar-refractivity contribution is 0.0232. The molecule has 2 heterocycles. The van der Waals surface area contributed by atoms with E-state index in [2.05, 4.69) is 21.4 Å². The summed E-state index contributed by atoms with van der Waals surface area (Å²) in [6.07, 6.45) is 1.82. The minimum absolute atomic E-state index is 0.172. The smallest absolute Gasteiger partial charge is 0.410 e. The molecule has 1 aliphatic heterocycles. The van der Waals surface area contributed by atoms with Crippen LogP contribution in [0.3, 0.4) is 0 Å². The van der Waals surface area contributed by atoms with Crippen LogP contribution in [0.1, 0.15) is 33.6 Å². The van der Waals surface area contributed by atoms with Gasteiger partial charge in [0.2, 0.25) is 0 Å². The Morgan fingerprint density at radius 3 is 2.92 bits per heavy atom. The van der Waals surface area contributed by atoms with E-state index in [0.29, 0.717) is 0 Å². The standard InChI is InChI=1S/C18H25N3O2S/c1-18(2,3)23-17(22)21-11-7-8-13(21)12-20(4)16-14-9-5-6-10-15(14)24-19-16/h5-6,9-10,13H,7-8,11-12H2,1-4H3/t13-/m1/s1. The number of ether oxygens (including phenoxy) is 1. The van der Waals surface area contributed by atoms with Crippen LogP contribution in [-0.2, 0) is 4.74 Å². The van der Waals surface area contributed by atoms with Crippen molar-refractivity contribution in [2.75, 3.05) is 25.0 Å². The molecule has 1 aromatic carbocycles. The second-order valence-corrected chi connectivity index (χ2v) is 8.16. The Bertz CT molecular complexity index is 722. The van der Waals surface area contributed by atoms with E-state index in [9.17, 15) is 4.79 Å². The van der Waals surface area contributed by atoms with Crippen molar-refractivity contribution < 1.29 is 9.53 Å². The second kappa shape index (κ2) is 6.59. The normalized spacial score (nSPS) is 18.2. The highest BCUT2D eigenvalue weighted by Gasteiger charge is 2.33. The molecule has 130 valence electrons. The number of carbonyl (C=O) groups is 1. The van der Waals surface area contributed by atoms with Crippen LogP contribution >= 0.6 is 11.5 Å². The van der Waals surface area contributed by atoms with E-state index in [4.69, 9.17) is 4.74 Å². The van der Waals surface area contributed by atoms with Crippen molar-refractivity contribution in [3.8, 4) is 0 Å². The number of likely N-dealkylation sites (tertiary alicyclic amines) is 1. The lowest BCUT2D eigenvalue weighted by atomic mass is 10.2. The summed E-state index contributed by atoms with van der Waals surface area (Å²) in [6, 6.07) is 8.44. The summed E-state index contributed by atoms with van der Waals surface area (Å²) in [5, 5.41) is 1.17. The molecule has 1 atom stereocenters. The van der Waals surface area contributed by atoms with Crippen molar-refractivity contribution in [1.82, 2.24) is 9.27 Å². The van der Waals surface area contributed by atoms with Gasteiger partial charge in [-0.15, -0.1) is 0 Å². The number of rotatable bonds is 3. The van der Waals surface area contributed by atoms with Crippen molar-refractivity contribution >= 4 is 33.5 Å². The van der Waals surface area contributed by atoms with Crippen LogP contribution in [-0.4, -0.2) is 47.1 Å². The number of amides is 1. The van der Waals surface area contributed by atoms with Crippen molar-refractivity contribution in [2.24, 2.45) is 0 Å². The van der Waals surface area contributed by atoms with Gasteiger partial charge in [0.15, 0.2) is 0 Å². The minimum atomic E-state index is -0.457. The molecule has 0 saturated carbocycles. The molecule has 3 rings (SSSR count). The predicted octanol–water partition coefficient (Wildman–Crippen LogP) is 4.13. The first kappa shape index (κ1) is 17.0. The maximum atomic E-state index is 12.4. The first-order chi connectivity index (χ1) is 11.3. The second-order valence-electron chi connectivity index (χ2n) is 7.35. The molecule has 2 aromatic rings. The van der Waals surface area contributed by atoms with Gasteiger partial charge >= 0.3 is 6.09 Å². The fraction of sp³-hybridized carbons (Fsp3) is 0.556. The van der Waals surface area contributed by atoms with Gasteiger partial charge in [-0.3, -0.25) is 0 Å². The zero-order chi connectivity index (χ0) is 17.3. The van der Waals surface area contributed by atoms with E-state index in [-0.39, 0.29) is 12.1 Å². The minimum Gasteiger partial charge on any atom is -0.444 e. The first-order valence-electron chi connectivity index (χ1n) is 8.40. The highest BCUT2D eigenvalue weighted by molar-refractivity contribution is 7.13. The highest BCUT2D eigenvalue weighted by atomic mass is 32.1. The molecule has 24 heavy (non-hydrogen) atoms. The van der Waals surface area contributed by atoms with Gasteiger partial charge in [0, 0.05) is 25.5 Å². The molecule has 1 aromatic heterocycles. The molecular weight excluding hydrogens is 322 g/mol. The third-order valence-corrected chi connectivity index (χ3v) is 5.03. The van der Waals surface area contributed by atoms with Crippen molar-refractivity contribution in [2.45, 2.75) is 45.3 Å². The summed E-state index contributed by atoms with van der Waals surface area (Å²) >= 11 is 1.52. The number of likely N-dealkylation sites (N-methyl/N-ethyl adjacent to an activating group) is 1. The number of hydrogen-bond acceptors (Lipinski definition) is 5. The molecule has 1 saturated heterocycles. The monoisotopic (exact) mass is 347 g/mol. The van der Waals surface area contributed by atoms with Gasteiger partial charge in [0.05, 0.1) is 10.7 Å². The number of nitrogens with zero attached hydrogens (tertiary/aromatic N) is 3. The van der Waals surface area contributed by atoms with Crippen molar-refractivity contribution in [3.63, 3.8) is 0 Å². The molecule has 1 fully saturated rings. The van der Waals surface area contributed by atoms with E-state index in [1.807, 2.05) is 44.9 Å². The van der Waals surface area contributed by atoms with E-state index < -0.39 is 5.60 Å². The molecular formula is C18H25N3O2S. The SMILES string of the molecule is CN(C[C@H]1CCCN1C(=O)OC(C)(C)C)c1nsc2ccccc12. The summed E-state index contributed by atoms with van der Waals surface area (Å²) < 4.78 is 11.3. The van der Waals surface area contributed by atoms with Gasteiger partial charge in [0.25, 0.3) is 0 Å². The molecule has 1 aliphatic rings. The molecule has 0 N–H and O–H groups in total. The maximum absolute atomic E-state index is 12.4. The highest BCUT2D eigenvalue weighted by Crippen LogP contribution is 2.30. The van der Waals surface area contributed by atoms with Crippen LogP contribution in [0.15, 0.2) is 24.3 Å². The maximum Gasteiger partial charge on any atom is 0.410 e. The number of fused-ring (bicyclic) bond motifs is 1. The van der Waals surface area contributed by atoms with Gasteiger partial charge in [-0.25, -0.2) is 4.79 Å². The summed E-state index contributed by atoms with van der Waals surface area (Å²) in [4.78, 5) is 16.5. The summed E-state index contributed by atoms with van der Waals surface area (Å²) in [6.45, 7) is 7.26. The van der Waals surface area contributed by atoms with Gasteiger partial charge in [0.1, 0.15) is 11.4 Å². The van der Waals surface area contributed by atoms with Crippen LogP contribution in [0.2, 0.25) is 0 Å².